The summed E-state index contributed by atoms with van der Waals surface area (Å²) < 4.78 is 0. The molecule has 1 heterocycles. The molecule has 0 amide bonds. The number of aromatic nitrogens is 3. The van der Waals surface area contributed by atoms with Crippen molar-refractivity contribution in [2.24, 2.45) is 0 Å². The van der Waals surface area contributed by atoms with Gasteiger partial charge in [0, 0.05) is 0 Å². The minimum absolute atomic E-state index is 0.144. The maximum atomic E-state index is 10.9. The first-order valence-electron chi connectivity index (χ1n) is 4.44. The molecule has 0 aliphatic heterocycles. The van der Waals surface area contributed by atoms with E-state index in [2.05, 4.69) is 20.5 Å². The van der Waals surface area contributed by atoms with E-state index in [1.165, 1.54) is 6.07 Å². The van der Waals surface area contributed by atoms with Crippen molar-refractivity contribution in [1.82, 2.24) is 15.2 Å². The quantitative estimate of drug-likeness (QED) is 0.607. The SMILES string of the molecule is Nc1nc(Nc2ccccc2C(=O)O)n[nH]1. The summed E-state index contributed by atoms with van der Waals surface area (Å²) in [7, 11) is 0. The van der Waals surface area contributed by atoms with E-state index in [0.717, 1.165) is 0 Å². The molecule has 1 aromatic heterocycles. The molecule has 0 saturated carbocycles. The Balaban J connectivity index is 2.31. The number of aromatic carboxylic acids is 1. The smallest absolute Gasteiger partial charge is 0.337 e. The predicted molar refractivity (Wildman–Crippen MR) is 57.5 cm³/mol. The molecular weight excluding hydrogens is 210 g/mol. The van der Waals surface area contributed by atoms with Crippen LogP contribution in [0.2, 0.25) is 0 Å². The molecule has 0 atom stereocenters. The van der Waals surface area contributed by atoms with E-state index in [4.69, 9.17) is 10.8 Å². The van der Waals surface area contributed by atoms with E-state index in [9.17, 15) is 4.79 Å². The number of carbonyl (C=O) groups is 1. The van der Waals surface area contributed by atoms with Gasteiger partial charge in [0.25, 0.3) is 0 Å². The summed E-state index contributed by atoms with van der Waals surface area (Å²) in [4.78, 5) is 14.7. The van der Waals surface area contributed by atoms with Gasteiger partial charge in [0.2, 0.25) is 11.9 Å². The zero-order valence-electron chi connectivity index (χ0n) is 8.14. The van der Waals surface area contributed by atoms with Crippen LogP contribution in [0.3, 0.4) is 0 Å². The number of aromatic amines is 1. The van der Waals surface area contributed by atoms with Gasteiger partial charge in [0.1, 0.15) is 0 Å². The molecule has 16 heavy (non-hydrogen) atoms. The molecule has 2 aromatic rings. The second-order valence-corrected chi connectivity index (χ2v) is 3.02. The molecule has 0 aliphatic carbocycles. The summed E-state index contributed by atoms with van der Waals surface area (Å²) >= 11 is 0. The molecule has 0 spiro atoms. The fourth-order valence-corrected chi connectivity index (χ4v) is 1.23. The van der Waals surface area contributed by atoms with Crippen LogP contribution in [0.25, 0.3) is 0 Å². The normalized spacial score (nSPS) is 10.0. The van der Waals surface area contributed by atoms with Gasteiger partial charge in [-0.15, -0.1) is 5.10 Å². The fourth-order valence-electron chi connectivity index (χ4n) is 1.23. The highest BCUT2D eigenvalue weighted by Crippen LogP contribution is 2.18. The highest BCUT2D eigenvalue weighted by atomic mass is 16.4. The van der Waals surface area contributed by atoms with Crippen LogP contribution in [0.15, 0.2) is 24.3 Å². The van der Waals surface area contributed by atoms with Crippen molar-refractivity contribution < 1.29 is 9.90 Å². The van der Waals surface area contributed by atoms with Crippen LogP contribution in [0, 0.1) is 0 Å². The number of nitrogens with one attached hydrogen (secondary N) is 2. The minimum Gasteiger partial charge on any atom is -0.478 e. The van der Waals surface area contributed by atoms with Gasteiger partial charge in [-0.3, -0.25) is 0 Å². The number of carboxylic acids is 1. The number of hydrogen-bond acceptors (Lipinski definition) is 5. The number of nitrogens with zero attached hydrogens (tertiary/aromatic N) is 2. The van der Waals surface area contributed by atoms with Crippen LogP contribution in [-0.2, 0) is 0 Å². The van der Waals surface area contributed by atoms with Crippen molar-refractivity contribution in [3.8, 4) is 0 Å². The van der Waals surface area contributed by atoms with Gasteiger partial charge in [-0.2, -0.15) is 4.98 Å². The van der Waals surface area contributed by atoms with Crippen LogP contribution >= 0.6 is 0 Å². The summed E-state index contributed by atoms with van der Waals surface area (Å²) in [5.74, 6) is -0.631. The van der Waals surface area contributed by atoms with Crippen molar-refractivity contribution in [3.63, 3.8) is 0 Å². The lowest BCUT2D eigenvalue weighted by molar-refractivity contribution is 0.0698. The Morgan fingerprint density at radius 2 is 2.19 bits per heavy atom. The molecule has 1 aromatic carbocycles. The fraction of sp³-hybridized carbons (Fsp3) is 0. The van der Waals surface area contributed by atoms with Crippen LogP contribution in [0.1, 0.15) is 10.4 Å². The molecule has 0 aliphatic rings. The van der Waals surface area contributed by atoms with E-state index >= 15 is 0 Å². The molecule has 0 radical (unpaired) electrons. The van der Waals surface area contributed by atoms with E-state index < -0.39 is 5.97 Å². The molecule has 5 N–H and O–H groups in total. The Hall–Kier alpha value is -2.57. The monoisotopic (exact) mass is 219 g/mol. The van der Waals surface area contributed by atoms with E-state index in [1.807, 2.05) is 0 Å². The van der Waals surface area contributed by atoms with Gasteiger partial charge in [-0.25, -0.2) is 9.89 Å². The van der Waals surface area contributed by atoms with Gasteiger partial charge in [0.15, 0.2) is 0 Å². The maximum absolute atomic E-state index is 10.9. The van der Waals surface area contributed by atoms with Gasteiger partial charge < -0.3 is 16.2 Å². The molecule has 2 rings (SSSR count). The maximum Gasteiger partial charge on any atom is 0.337 e. The number of rotatable bonds is 3. The van der Waals surface area contributed by atoms with Crippen LogP contribution in [-0.4, -0.2) is 26.3 Å². The van der Waals surface area contributed by atoms with Gasteiger partial charge in [-0.1, -0.05) is 12.1 Å². The number of H-pyrrole nitrogens is 1. The number of anilines is 3. The Labute approximate surface area is 90.3 Å². The third kappa shape index (κ3) is 1.92. The van der Waals surface area contributed by atoms with Gasteiger partial charge in [0.05, 0.1) is 11.3 Å². The second kappa shape index (κ2) is 3.89. The number of hydrogen-bond donors (Lipinski definition) is 4. The summed E-state index contributed by atoms with van der Waals surface area (Å²) in [6.45, 7) is 0. The number of para-hydroxylation sites is 1. The third-order valence-electron chi connectivity index (χ3n) is 1.91. The molecular formula is C9H9N5O2. The molecule has 7 heteroatoms. The van der Waals surface area contributed by atoms with E-state index in [1.54, 1.807) is 18.2 Å². The van der Waals surface area contributed by atoms with E-state index in [-0.39, 0.29) is 17.5 Å². The van der Waals surface area contributed by atoms with Crippen LogP contribution in [0.4, 0.5) is 17.6 Å². The molecule has 0 unspecified atom stereocenters. The molecule has 0 bridgehead atoms. The van der Waals surface area contributed by atoms with Crippen LogP contribution < -0.4 is 11.1 Å². The highest BCUT2D eigenvalue weighted by Gasteiger charge is 2.10. The zero-order valence-corrected chi connectivity index (χ0v) is 8.14. The molecule has 7 nitrogen and oxygen atoms in total. The highest BCUT2D eigenvalue weighted by molar-refractivity contribution is 5.94. The minimum atomic E-state index is -1.02. The third-order valence-corrected chi connectivity index (χ3v) is 1.91. The summed E-state index contributed by atoms with van der Waals surface area (Å²) in [6, 6.07) is 6.46. The molecule has 82 valence electrons. The average molecular weight is 219 g/mol. The lowest BCUT2D eigenvalue weighted by Crippen LogP contribution is -2.03. The number of nitrogen functional groups attached to an aromatic ring is 1. The second-order valence-electron chi connectivity index (χ2n) is 3.02. The van der Waals surface area contributed by atoms with Crippen molar-refractivity contribution in [2.75, 3.05) is 11.1 Å². The predicted octanol–water partition coefficient (Wildman–Crippen LogP) is 0.829. The summed E-state index contributed by atoms with van der Waals surface area (Å²) in [6.07, 6.45) is 0. The first kappa shape index (κ1) is 9.97. The Morgan fingerprint density at radius 1 is 1.44 bits per heavy atom. The largest absolute Gasteiger partial charge is 0.478 e. The average Bonchev–Trinajstić information content (AvgIpc) is 2.64. The standard InChI is InChI=1S/C9H9N5O2/c10-8-12-9(14-13-8)11-6-4-2-1-3-5(6)7(15)16/h1-4H,(H,15,16)(H4,10,11,12,13,14). The Kier molecular flexibility index (Phi) is 2.42. The number of nitrogens with two attached hydrogens (primary N) is 1. The van der Waals surface area contributed by atoms with Gasteiger partial charge in [-0.05, 0) is 12.1 Å². The Bertz CT molecular complexity index is 522. The first-order chi connectivity index (χ1) is 7.66. The lowest BCUT2D eigenvalue weighted by Gasteiger charge is -2.04. The van der Waals surface area contributed by atoms with Crippen molar-refractivity contribution in [1.29, 1.82) is 0 Å². The first-order valence-corrected chi connectivity index (χ1v) is 4.44. The number of carboxylic acid groups (broad SMARTS) is 1. The number of benzene rings is 1. The summed E-state index contributed by atoms with van der Waals surface area (Å²) in [5.41, 5.74) is 5.90. The van der Waals surface area contributed by atoms with Gasteiger partial charge >= 0.3 is 5.97 Å². The van der Waals surface area contributed by atoms with Crippen molar-refractivity contribution in [3.05, 3.63) is 29.8 Å². The van der Waals surface area contributed by atoms with Crippen LogP contribution in [0.5, 0.6) is 0 Å². The molecule has 0 saturated heterocycles. The molecule has 0 fully saturated rings. The summed E-state index contributed by atoms with van der Waals surface area (Å²) in [5, 5.41) is 17.9. The Morgan fingerprint density at radius 3 is 2.81 bits per heavy atom. The lowest BCUT2D eigenvalue weighted by atomic mass is 10.2. The van der Waals surface area contributed by atoms with Crippen molar-refractivity contribution >= 4 is 23.6 Å². The topological polar surface area (TPSA) is 117 Å². The zero-order chi connectivity index (χ0) is 11.5. The van der Waals surface area contributed by atoms with Crippen molar-refractivity contribution in [2.45, 2.75) is 0 Å². The van der Waals surface area contributed by atoms with E-state index in [0.29, 0.717) is 5.69 Å².